The highest BCUT2D eigenvalue weighted by Gasteiger charge is 2.09. The van der Waals surface area contributed by atoms with Crippen LogP contribution in [0.2, 0.25) is 5.02 Å². The molecule has 0 saturated heterocycles. The van der Waals surface area contributed by atoms with E-state index >= 15 is 0 Å². The molecule has 1 aromatic heterocycles. The van der Waals surface area contributed by atoms with Crippen LogP contribution in [0.1, 0.15) is 17.4 Å². The van der Waals surface area contributed by atoms with Crippen molar-refractivity contribution in [2.24, 2.45) is 0 Å². The van der Waals surface area contributed by atoms with Crippen LogP contribution in [0.3, 0.4) is 0 Å². The number of carboxylic acids is 1. The van der Waals surface area contributed by atoms with Gasteiger partial charge in [0.2, 0.25) is 0 Å². The lowest BCUT2D eigenvalue weighted by Gasteiger charge is -2.04. The van der Waals surface area contributed by atoms with Crippen LogP contribution in [0.15, 0.2) is 36.4 Å². The SMILES string of the molecule is C/C(=C\C(=O)O)c1ccc(-c2cccc(Cl)c2C)s1. The quantitative estimate of drug-likeness (QED) is 0.820. The molecule has 1 heterocycles. The van der Waals surface area contributed by atoms with Gasteiger partial charge in [-0.05, 0) is 48.7 Å². The predicted molar refractivity (Wildman–Crippen MR) is 80.8 cm³/mol. The molecule has 0 unspecified atom stereocenters. The van der Waals surface area contributed by atoms with Crippen molar-refractivity contribution in [3.05, 3.63) is 51.9 Å². The highest BCUT2D eigenvalue weighted by atomic mass is 35.5. The van der Waals surface area contributed by atoms with Gasteiger partial charge in [-0.1, -0.05) is 23.7 Å². The topological polar surface area (TPSA) is 37.3 Å². The van der Waals surface area contributed by atoms with E-state index in [1.165, 1.54) is 6.08 Å². The van der Waals surface area contributed by atoms with Gasteiger partial charge in [0, 0.05) is 20.9 Å². The van der Waals surface area contributed by atoms with E-state index in [9.17, 15) is 4.79 Å². The van der Waals surface area contributed by atoms with Crippen molar-refractivity contribution in [2.75, 3.05) is 0 Å². The zero-order chi connectivity index (χ0) is 14.0. The standard InChI is InChI=1S/C15H13ClO2S/c1-9(8-15(17)18)13-6-7-14(19-13)11-4-3-5-12(16)10(11)2/h3-8H,1-2H3,(H,17,18)/b9-8+. The van der Waals surface area contributed by atoms with Gasteiger partial charge >= 0.3 is 5.97 Å². The van der Waals surface area contributed by atoms with Gasteiger partial charge in [0.05, 0.1) is 0 Å². The zero-order valence-corrected chi connectivity index (χ0v) is 12.2. The molecule has 98 valence electrons. The van der Waals surface area contributed by atoms with Gasteiger partial charge in [-0.15, -0.1) is 11.3 Å². The summed E-state index contributed by atoms with van der Waals surface area (Å²) in [6.07, 6.45) is 1.22. The highest BCUT2D eigenvalue weighted by Crippen LogP contribution is 2.35. The number of thiophene rings is 1. The molecule has 0 aliphatic heterocycles. The van der Waals surface area contributed by atoms with E-state index in [1.807, 2.05) is 37.3 Å². The Hall–Kier alpha value is -1.58. The summed E-state index contributed by atoms with van der Waals surface area (Å²) in [6, 6.07) is 9.74. The molecule has 0 saturated carbocycles. The van der Waals surface area contributed by atoms with Gasteiger partial charge < -0.3 is 5.11 Å². The maximum atomic E-state index is 10.7. The summed E-state index contributed by atoms with van der Waals surface area (Å²) in [5, 5.41) is 9.50. The first-order chi connectivity index (χ1) is 8.99. The van der Waals surface area contributed by atoms with Crippen LogP contribution in [0, 0.1) is 6.92 Å². The first-order valence-electron chi connectivity index (χ1n) is 5.76. The molecule has 0 spiro atoms. The lowest BCUT2D eigenvalue weighted by atomic mass is 10.1. The molecule has 0 bridgehead atoms. The summed E-state index contributed by atoms with van der Waals surface area (Å²) in [7, 11) is 0. The minimum Gasteiger partial charge on any atom is -0.478 e. The minimum atomic E-state index is -0.925. The van der Waals surface area contributed by atoms with E-state index in [-0.39, 0.29) is 0 Å². The Morgan fingerprint density at radius 1 is 1.32 bits per heavy atom. The van der Waals surface area contributed by atoms with Crippen LogP contribution < -0.4 is 0 Å². The Morgan fingerprint density at radius 3 is 2.74 bits per heavy atom. The Balaban J connectivity index is 2.41. The van der Waals surface area contributed by atoms with Crippen LogP contribution in [-0.4, -0.2) is 11.1 Å². The van der Waals surface area contributed by atoms with Gasteiger partial charge in [0.1, 0.15) is 0 Å². The van der Waals surface area contributed by atoms with Crippen LogP contribution in [0.4, 0.5) is 0 Å². The van der Waals surface area contributed by atoms with Crippen molar-refractivity contribution < 1.29 is 9.90 Å². The second-order valence-electron chi connectivity index (χ2n) is 4.24. The minimum absolute atomic E-state index is 0.741. The van der Waals surface area contributed by atoms with Crippen molar-refractivity contribution in [3.63, 3.8) is 0 Å². The van der Waals surface area contributed by atoms with Crippen LogP contribution >= 0.6 is 22.9 Å². The Bertz CT molecular complexity index is 656. The van der Waals surface area contributed by atoms with Gasteiger partial charge in [-0.3, -0.25) is 0 Å². The molecule has 2 rings (SSSR count). The largest absolute Gasteiger partial charge is 0.478 e. The Kier molecular flexibility index (Phi) is 4.08. The third-order valence-electron chi connectivity index (χ3n) is 2.87. The molecular formula is C15H13ClO2S. The number of hydrogen-bond donors (Lipinski definition) is 1. The molecule has 0 aliphatic carbocycles. The summed E-state index contributed by atoms with van der Waals surface area (Å²) in [5.74, 6) is -0.925. The number of halogens is 1. The molecule has 1 N–H and O–H groups in total. The smallest absolute Gasteiger partial charge is 0.328 e. The molecule has 19 heavy (non-hydrogen) atoms. The van der Waals surface area contributed by atoms with E-state index in [4.69, 9.17) is 16.7 Å². The van der Waals surface area contributed by atoms with Crippen LogP contribution in [0.25, 0.3) is 16.0 Å². The molecule has 0 aliphatic rings. The first-order valence-corrected chi connectivity index (χ1v) is 6.95. The lowest BCUT2D eigenvalue weighted by molar-refractivity contribution is -0.131. The van der Waals surface area contributed by atoms with E-state index in [0.29, 0.717) is 0 Å². The molecule has 2 aromatic rings. The highest BCUT2D eigenvalue weighted by molar-refractivity contribution is 7.16. The third-order valence-corrected chi connectivity index (χ3v) is 4.53. The van der Waals surface area contributed by atoms with Crippen molar-refractivity contribution in [1.29, 1.82) is 0 Å². The molecule has 1 aromatic carbocycles. The number of carbonyl (C=O) groups is 1. The molecule has 0 amide bonds. The number of hydrogen-bond acceptors (Lipinski definition) is 2. The van der Waals surface area contributed by atoms with Crippen LogP contribution in [-0.2, 0) is 4.79 Å². The van der Waals surface area contributed by atoms with Gasteiger partial charge in [0.25, 0.3) is 0 Å². The second kappa shape index (κ2) is 5.59. The Morgan fingerprint density at radius 2 is 2.05 bits per heavy atom. The van der Waals surface area contributed by atoms with E-state index in [2.05, 4.69) is 0 Å². The van der Waals surface area contributed by atoms with Crippen molar-refractivity contribution in [1.82, 2.24) is 0 Å². The normalized spacial score (nSPS) is 11.6. The van der Waals surface area contributed by atoms with Gasteiger partial charge in [-0.25, -0.2) is 4.79 Å². The van der Waals surface area contributed by atoms with E-state index in [1.54, 1.807) is 18.3 Å². The number of carboxylic acid groups (broad SMARTS) is 1. The first kappa shape index (κ1) is 13.8. The predicted octanol–water partition coefficient (Wildman–Crippen LogP) is 4.86. The fourth-order valence-electron chi connectivity index (χ4n) is 1.83. The number of rotatable bonds is 3. The number of benzene rings is 1. The van der Waals surface area contributed by atoms with Crippen molar-refractivity contribution in [3.8, 4) is 10.4 Å². The summed E-state index contributed by atoms with van der Waals surface area (Å²) < 4.78 is 0. The summed E-state index contributed by atoms with van der Waals surface area (Å²) in [4.78, 5) is 12.7. The van der Waals surface area contributed by atoms with Crippen molar-refractivity contribution in [2.45, 2.75) is 13.8 Å². The molecular weight excluding hydrogens is 280 g/mol. The average molecular weight is 293 g/mol. The fraction of sp³-hybridized carbons (Fsp3) is 0.133. The fourth-order valence-corrected chi connectivity index (χ4v) is 3.06. The third kappa shape index (κ3) is 3.06. The summed E-state index contributed by atoms with van der Waals surface area (Å²) in [6.45, 7) is 3.78. The maximum Gasteiger partial charge on any atom is 0.328 e. The van der Waals surface area contributed by atoms with E-state index < -0.39 is 5.97 Å². The number of allylic oxidation sites excluding steroid dienone is 1. The van der Waals surface area contributed by atoms with Crippen molar-refractivity contribution >= 4 is 34.5 Å². The summed E-state index contributed by atoms with van der Waals surface area (Å²) >= 11 is 7.69. The molecule has 4 heteroatoms. The molecule has 0 radical (unpaired) electrons. The molecule has 2 nitrogen and oxygen atoms in total. The van der Waals surface area contributed by atoms with Gasteiger partial charge in [0.15, 0.2) is 0 Å². The summed E-state index contributed by atoms with van der Waals surface area (Å²) in [5.41, 5.74) is 2.88. The second-order valence-corrected chi connectivity index (χ2v) is 5.73. The lowest BCUT2D eigenvalue weighted by Crippen LogP contribution is -1.88. The average Bonchev–Trinajstić information content (AvgIpc) is 2.81. The number of aliphatic carboxylic acids is 1. The van der Waals surface area contributed by atoms with Gasteiger partial charge in [-0.2, -0.15) is 0 Å². The molecule has 0 fully saturated rings. The monoisotopic (exact) mass is 292 g/mol. The van der Waals surface area contributed by atoms with Crippen LogP contribution in [0.5, 0.6) is 0 Å². The zero-order valence-electron chi connectivity index (χ0n) is 10.6. The molecule has 0 atom stereocenters. The Labute approximate surface area is 121 Å². The van der Waals surface area contributed by atoms with E-state index in [0.717, 1.165) is 31.5 Å². The maximum absolute atomic E-state index is 10.7.